The fraction of sp³-hybridized carbons (Fsp3) is 0.714. The molecule has 1 aliphatic heterocycles. The number of nitrogens with one attached hydrogen (secondary N) is 1. The molecular formula is C28H41FN2O3. The highest BCUT2D eigenvalue weighted by Gasteiger charge is 2.29. The SMILES string of the molecule is CO[C@@H]1CC[C@@H](CC(=O)NC2CCC(CCN3CCC(C(=O)c4ccc(F)cc4)CC3)CC2)C1. The van der Waals surface area contributed by atoms with E-state index in [0.29, 0.717) is 30.0 Å². The van der Waals surface area contributed by atoms with E-state index >= 15 is 0 Å². The molecule has 0 unspecified atom stereocenters. The molecule has 6 heteroatoms. The Hall–Kier alpha value is -1.79. The van der Waals surface area contributed by atoms with Crippen LogP contribution in [0.15, 0.2) is 24.3 Å². The third kappa shape index (κ3) is 7.11. The first-order valence-corrected chi connectivity index (χ1v) is 13.3. The van der Waals surface area contributed by atoms with Gasteiger partial charge in [-0.3, -0.25) is 9.59 Å². The molecule has 2 aliphatic carbocycles. The minimum absolute atomic E-state index is 0.0605. The second-order valence-electron chi connectivity index (χ2n) is 10.8. The zero-order valence-corrected chi connectivity index (χ0v) is 20.6. The molecule has 0 radical (unpaired) electrons. The maximum atomic E-state index is 13.1. The highest BCUT2D eigenvalue weighted by atomic mass is 19.1. The van der Waals surface area contributed by atoms with Gasteiger partial charge >= 0.3 is 0 Å². The van der Waals surface area contributed by atoms with Crippen LogP contribution in [-0.2, 0) is 9.53 Å². The molecule has 0 aromatic heterocycles. The summed E-state index contributed by atoms with van der Waals surface area (Å²) in [6.45, 7) is 3.03. The van der Waals surface area contributed by atoms with Crippen molar-refractivity contribution < 1.29 is 18.7 Å². The second-order valence-corrected chi connectivity index (χ2v) is 10.8. The Bertz CT molecular complexity index is 798. The van der Waals surface area contributed by atoms with Crippen molar-refractivity contribution in [2.24, 2.45) is 17.8 Å². The van der Waals surface area contributed by atoms with Crippen LogP contribution in [0.2, 0.25) is 0 Å². The van der Waals surface area contributed by atoms with Crippen LogP contribution in [0.25, 0.3) is 0 Å². The summed E-state index contributed by atoms with van der Waals surface area (Å²) in [4.78, 5) is 27.6. The summed E-state index contributed by atoms with van der Waals surface area (Å²) in [5, 5.41) is 3.29. The number of methoxy groups -OCH3 is 1. The summed E-state index contributed by atoms with van der Waals surface area (Å²) in [7, 11) is 1.77. The Balaban J connectivity index is 1.09. The van der Waals surface area contributed by atoms with Crippen molar-refractivity contribution in [1.82, 2.24) is 10.2 Å². The molecule has 1 heterocycles. The zero-order chi connectivity index (χ0) is 23.9. The smallest absolute Gasteiger partial charge is 0.220 e. The van der Waals surface area contributed by atoms with Crippen molar-refractivity contribution in [2.75, 3.05) is 26.7 Å². The minimum atomic E-state index is -0.299. The van der Waals surface area contributed by atoms with Crippen LogP contribution >= 0.6 is 0 Å². The number of ether oxygens (including phenoxy) is 1. The highest BCUT2D eigenvalue weighted by Crippen LogP contribution is 2.31. The first-order valence-electron chi connectivity index (χ1n) is 13.3. The number of amides is 1. The number of carbonyl (C=O) groups excluding carboxylic acids is 2. The summed E-state index contributed by atoms with van der Waals surface area (Å²) < 4.78 is 18.5. The van der Waals surface area contributed by atoms with Gasteiger partial charge in [0.2, 0.25) is 5.91 Å². The van der Waals surface area contributed by atoms with E-state index in [1.54, 1.807) is 19.2 Å². The summed E-state index contributed by atoms with van der Waals surface area (Å²) in [6, 6.07) is 6.30. The monoisotopic (exact) mass is 472 g/mol. The van der Waals surface area contributed by atoms with Crippen LogP contribution in [0.5, 0.6) is 0 Å². The number of carbonyl (C=O) groups is 2. The lowest BCUT2D eigenvalue weighted by Gasteiger charge is -2.34. The molecule has 1 aromatic carbocycles. The van der Waals surface area contributed by atoms with E-state index in [-0.39, 0.29) is 23.4 Å². The Labute approximate surface area is 203 Å². The number of piperidine rings is 1. The molecule has 3 aliphatic rings. The number of Topliss-reactive ketones (excluding diaryl/α,β-unsaturated/α-hetero) is 1. The van der Waals surface area contributed by atoms with Crippen molar-refractivity contribution in [2.45, 2.75) is 82.8 Å². The molecule has 188 valence electrons. The normalized spacial score (nSPS) is 28.6. The Kier molecular flexibility index (Phi) is 9.12. The van der Waals surface area contributed by atoms with Crippen LogP contribution in [0, 0.1) is 23.6 Å². The third-order valence-corrected chi connectivity index (χ3v) is 8.45. The summed E-state index contributed by atoms with van der Waals surface area (Å²) in [5.74, 6) is 1.37. The summed E-state index contributed by atoms with van der Waals surface area (Å²) >= 11 is 0. The number of halogens is 1. The fourth-order valence-corrected chi connectivity index (χ4v) is 6.21. The number of rotatable bonds is 9. The van der Waals surface area contributed by atoms with Crippen LogP contribution in [0.1, 0.15) is 81.0 Å². The summed E-state index contributed by atoms with van der Waals surface area (Å²) in [5.41, 5.74) is 0.631. The van der Waals surface area contributed by atoms with Crippen LogP contribution in [0.3, 0.4) is 0 Å². The predicted octanol–water partition coefficient (Wildman–Crippen LogP) is 4.99. The quantitative estimate of drug-likeness (QED) is 0.515. The number of hydrogen-bond donors (Lipinski definition) is 1. The van der Waals surface area contributed by atoms with E-state index in [2.05, 4.69) is 10.2 Å². The van der Waals surface area contributed by atoms with Gasteiger partial charge in [0.25, 0.3) is 0 Å². The van der Waals surface area contributed by atoms with E-state index in [1.165, 1.54) is 31.4 Å². The molecule has 2 atom stereocenters. The molecule has 1 amide bonds. The molecule has 1 saturated heterocycles. The van der Waals surface area contributed by atoms with Crippen molar-refractivity contribution >= 4 is 11.7 Å². The van der Waals surface area contributed by atoms with Crippen LogP contribution in [-0.4, -0.2) is 55.5 Å². The number of likely N-dealkylation sites (tertiary alicyclic amines) is 1. The van der Waals surface area contributed by atoms with Gasteiger partial charge in [-0.25, -0.2) is 4.39 Å². The lowest BCUT2D eigenvalue weighted by Crippen LogP contribution is -2.39. The van der Waals surface area contributed by atoms with E-state index in [0.717, 1.165) is 70.5 Å². The average molecular weight is 473 g/mol. The molecule has 1 N–H and O–H groups in total. The maximum absolute atomic E-state index is 13.1. The molecule has 34 heavy (non-hydrogen) atoms. The lowest BCUT2D eigenvalue weighted by molar-refractivity contribution is -0.123. The molecule has 2 saturated carbocycles. The van der Waals surface area contributed by atoms with Gasteiger partial charge in [0.1, 0.15) is 5.82 Å². The number of hydrogen-bond acceptors (Lipinski definition) is 4. The Morgan fingerprint density at radius 3 is 2.29 bits per heavy atom. The van der Waals surface area contributed by atoms with Crippen molar-refractivity contribution in [1.29, 1.82) is 0 Å². The maximum Gasteiger partial charge on any atom is 0.220 e. The van der Waals surface area contributed by atoms with Gasteiger partial charge in [0.05, 0.1) is 6.10 Å². The van der Waals surface area contributed by atoms with Crippen molar-refractivity contribution in [3.05, 3.63) is 35.6 Å². The molecule has 0 spiro atoms. The van der Waals surface area contributed by atoms with E-state index in [9.17, 15) is 14.0 Å². The molecule has 1 aromatic rings. The van der Waals surface area contributed by atoms with Gasteiger partial charge in [0, 0.05) is 31.1 Å². The average Bonchev–Trinajstić information content (AvgIpc) is 3.31. The van der Waals surface area contributed by atoms with Gasteiger partial charge in [0.15, 0.2) is 5.78 Å². The standard InChI is InChI=1S/C28H41FN2O3/c1-34-26-11-4-21(18-26)19-27(32)30-25-9-2-20(3-10-25)12-15-31-16-13-23(14-17-31)28(33)22-5-7-24(29)8-6-22/h5-8,20-21,23,25-26H,2-4,9-19H2,1H3,(H,30,32)/t20?,21-,25?,26-/m1/s1. The van der Waals surface area contributed by atoms with Gasteiger partial charge in [-0.15, -0.1) is 0 Å². The lowest BCUT2D eigenvalue weighted by atomic mass is 9.83. The Morgan fingerprint density at radius 1 is 0.971 bits per heavy atom. The first-order chi connectivity index (χ1) is 16.5. The topological polar surface area (TPSA) is 58.6 Å². The Morgan fingerprint density at radius 2 is 1.65 bits per heavy atom. The number of ketones is 1. The first kappa shape index (κ1) is 25.3. The van der Waals surface area contributed by atoms with Gasteiger partial charge in [-0.1, -0.05) is 0 Å². The van der Waals surface area contributed by atoms with Gasteiger partial charge in [-0.05, 0) is 120 Å². The molecule has 5 nitrogen and oxygen atoms in total. The predicted molar refractivity (Wildman–Crippen MR) is 131 cm³/mol. The number of nitrogens with zero attached hydrogens (tertiary/aromatic N) is 1. The van der Waals surface area contributed by atoms with Gasteiger partial charge < -0.3 is 15.0 Å². The fourth-order valence-electron chi connectivity index (χ4n) is 6.21. The highest BCUT2D eigenvalue weighted by molar-refractivity contribution is 5.97. The second kappa shape index (κ2) is 12.3. The molecular weight excluding hydrogens is 431 g/mol. The van der Waals surface area contributed by atoms with E-state index in [4.69, 9.17) is 4.74 Å². The zero-order valence-electron chi connectivity index (χ0n) is 20.6. The van der Waals surface area contributed by atoms with Crippen molar-refractivity contribution in [3.8, 4) is 0 Å². The van der Waals surface area contributed by atoms with Crippen molar-refractivity contribution in [3.63, 3.8) is 0 Å². The largest absolute Gasteiger partial charge is 0.381 e. The van der Waals surface area contributed by atoms with E-state index in [1.807, 2.05) is 0 Å². The van der Waals surface area contributed by atoms with E-state index < -0.39 is 0 Å². The molecule has 3 fully saturated rings. The van der Waals surface area contributed by atoms with Gasteiger partial charge in [-0.2, -0.15) is 0 Å². The summed E-state index contributed by atoms with van der Waals surface area (Å²) in [6.07, 6.45) is 11.8. The molecule has 0 bridgehead atoms. The number of benzene rings is 1. The minimum Gasteiger partial charge on any atom is -0.381 e. The third-order valence-electron chi connectivity index (χ3n) is 8.45. The van der Waals surface area contributed by atoms with Crippen LogP contribution in [0.4, 0.5) is 4.39 Å². The molecule has 4 rings (SSSR count). The van der Waals surface area contributed by atoms with Crippen LogP contribution < -0.4 is 5.32 Å².